The Morgan fingerprint density at radius 2 is 0.898 bits per heavy atom. The first-order valence-corrected chi connectivity index (χ1v) is 16.8. The van der Waals surface area contributed by atoms with Crippen molar-refractivity contribution in [2.24, 2.45) is 0 Å². The molecule has 11 aromatic rings. The number of aromatic nitrogens is 3. The SMILES string of the molecule is c1ccc(-c2ccc3c(c2)c2cccc4c5ccccc5n3c42)c(-c2ccc(-c3cnc4c5ccccc5c5ccccc5c4n3)cc2)c1. The van der Waals surface area contributed by atoms with Crippen molar-refractivity contribution in [2.75, 3.05) is 0 Å². The Kier molecular flexibility index (Phi) is 5.38. The summed E-state index contributed by atoms with van der Waals surface area (Å²) in [6.07, 6.45) is 1.91. The third-order valence-electron chi connectivity index (χ3n) is 10.4. The number of para-hydroxylation sites is 2. The van der Waals surface area contributed by atoms with Crippen LogP contribution in [-0.2, 0) is 0 Å². The van der Waals surface area contributed by atoms with Gasteiger partial charge in [0.1, 0.15) is 0 Å². The Morgan fingerprint density at radius 3 is 1.65 bits per heavy atom. The average Bonchev–Trinajstić information content (AvgIpc) is 3.70. The second-order valence-electron chi connectivity index (χ2n) is 13.0. The van der Waals surface area contributed by atoms with Crippen LogP contribution in [0, 0.1) is 0 Å². The minimum absolute atomic E-state index is 0.872. The summed E-state index contributed by atoms with van der Waals surface area (Å²) in [5, 5.41) is 9.86. The highest BCUT2D eigenvalue weighted by Crippen LogP contribution is 2.42. The predicted octanol–water partition coefficient (Wildman–Crippen LogP) is 12.1. The fraction of sp³-hybridized carbons (Fsp3) is 0. The molecule has 3 heteroatoms. The first-order chi connectivity index (χ1) is 24.3. The molecule has 49 heavy (non-hydrogen) atoms. The summed E-state index contributed by atoms with van der Waals surface area (Å²) in [6, 6.07) is 56.9. The third-order valence-corrected chi connectivity index (χ3v) is 10.4. The summed E-state index contributed by atoms with van der Waals surface area (Å²) >= 11 is 0. The van der Waals surface area contributed by atoms with Crippen molar-refractivity contribution in [3.8, 4) is 33.5 Å². The molecule has 0 unspecified atom stereocenters. The van der Waals surface area contributed by atoms with Crippen molar-refractivity contribution in [2.45, 2.75) is 0 Å². The van der Waals surface area contributed by atoms with E-state index in [4.69, 9.17) is 9.97 Å². The molecule has 0 saturated carbocycles. The highest BCUT2D eigenvalue weighted by atomic mass is 14.9. The molecule has 0 aliphatic heterocycles. The van der Waals surface area contributed by atoms with E-state index in [1.54, 1.807) is 0 Å². The molecule has 11 rings (SSSR count). The van der Waals surface area contributed by atoms with E-state index >= 15 is 0 Å². The number of fused-ring (bicyclic) bond motifs is 12. The van der Waals surface area contributed by atoms with Crippen LogP contribution in [0.4, 0.5) is 0 Å². The van der Waals surface area contributed by atoms with Crippen LogP contribution in [-0.4, -0.2) is 14.4 Å². The summed E-state index contributed by atoms with van der Waals surface area (Å²) in [5.74, 6) is 0. The van der Waals surface area contributed by atoms with E-state index in [0.29, 0.717) is 0 Å². The zero-order valence-electron chi connectivity index (χ0n) is 26.4. The van der Waals surface area contributed by atoms with Crippen LogP contribution in [0.2, 0.25) is 0 Å². The van der Waals surface area contributed by atoms with E-state index in [0.717, 1.165) is 33.1 Å². The van der Waals surface area contributed by atoms with Crippen molar-refractivity contribution >= 4 is 70.7 Å². The topological polar surface area (TPSA) is 30.2 Å². The van der Waals surface area contributed by atoms with Crippen LogP contribution in [0.15, 0.2) is 164 Å². The maximum Gasteiger partial charge on any atom is 0.0979 e. The molecule has 3 aromatic heterocycles. The Morgan fingerprint density at radius 1 is 0.367 bits per heavy atom. The second kappa shape index (κ2) is 9.96. The van der Waals surface area contributed by atoms with E-state index in [1.165, 1.54) is 71.1 Å². The molecular formula is C46H27N3. The number of rotatable bonds is 3. The summed E-state index contributed by atoms with van der Waals surface area (Å²) < 4.78 is 2.44. The molecule has 3 nitrogen and oxygen atoms in total. The van der Waals surface area contributed by atoms with Gasteiger partial charge in [-0.3, -0.25) is 4.98 Å². The number of benzene rings is 8. The largest absolute Gasteiger partial charge is 0.308 e. The number of hydrogen-bond acceptors (Lipinski definition) is 2. The van der Waals surface area contributed by atoms with E-state index in [9.17, 15) is 0 Å². The molecule has 0 bridgehead atoms. The van der Waals surface area contributed by atoms with Crippen LogP contribution in [0.25, 0.3) is 104 Å². The van der Waals surface area contributed by atoms with Gasteiger partial charge >= 0.3 is 0 Å². The molecule has 0 atom stereocenters. The van der Waals surface area contributed by atoms with Gasteiger partial charge in [0.25, 0.3) is 0 Å². The summed E-state index contributed by atoms with van der Waals surface area (Å²) in [7, 11) is 0. The molecule has 0 amide bonds. The Bertz CT molecular complexity index is 3060. The minimum Gasteiger partial charge on any atom is -0.308 e. The molecule has 226 valence electrons. The van der Waals surface area contributed by atoms with E-state index < -0.39 is 0 Å². The molecule has 0 saturated heterocycles. The average molecular weight is 622 g/mol. The van der Waals surface area contributed by atoms with Crippen molar-refractivity contribution in [1.29, 1.82) is 0 Å². The van der Waals surface area contributed by atoms with Gasteiger partial charge in [-0.05, 0) is 51.2 Å². The Hall–Kier alpha value is -6.58. The lowest BCUT2D eigenvalue weighted by atomic mass is 9.93. The first-order valence-electron chi connectivity index (χ1n) is 16.8. The Balaban J connectivity index is 1.02. The van der Waals surface area contributed by atoms with Gasteiger partial charge in [-0.2, -0.15) is 0 Å². The lowest BCUT2D eigenvalue weighted by Gasteiger charge is -2.12. The van der Waals surface area contributed by atoms with Gasteiger partial charge in [0, 0.05) is 37.9 Å². The molecule has 0 aliphatic carbocycles. The molecular weight excluding hydrogens is 595 g/mol. The lowest BCUT2D eigenvalue weighted by molar-refractivity contribution is 1.31. The van der Waals surface area contributed by atoms with Crippen LogP contribution < -0.4 is 0 Å². The highest BCUT2D eigenvalue weighted by Gasteiger charge is 2.18. The number of nitrogens with zero attached hydrogens (tertiary/aromatic N) is 3. The lowest BCUT2D eigenvalue weighted by Crippen LogP contribution is -1.92. The smallest absolute Gasteiger partial charge is 0.0979 e. The number of hydrogen-bond donors (Lipinski definition) is 0. The van der Waals surface area contributed by atoms with Crippen molar-refractivity contribution < 1.29 is 0 Å². The maximum atomic E-state index is 5.21. The minimum atomic E-state index is 0.872. The second-order valence-corrected chi connectivity index (χ2v) is 13.0. The fourth-order valence-corrected chi connectivity index (χ4v) is 8.17. The van der Waals surface area contributed by atoms with Gasteiger partial charge in [0.05, 0.1) is 39.5 Å². The van der Waals surface area contributed by atoms with Gasteiger partial charge in [-0.15, -0.1) is 0 Å². The highest BCUT2D eigenvalue weighted by molar-refractivity contribution is 6.24. The van der Waals surface area contributed by atoms with Crippen LogP contribution in [0.1, 0.15) is 0 Å². The maximum absolute atomic E-state index is 5.21. The van der Waals surface area contributed by atoms with Gasteiger partial charge in [0.15, 0.2) is 0 Å². The molecule has 3 heterocycles. The summed E-state index contributed by atoms with van der Waals surface area (Å²) in [5.41, 5.74) is 12.4. The van der Waals surface area contributed by atoms with E-state index in [1.807, 2.05) is 6.20 Å². The van der Waals surface area contributed by atoms with E-state index in [-0.39, 0.29) is 0 Å². The summed E-state index contributed by atoms with van der Waals surface area (Å²) in [4.78, 5) is 10.2. The van der Waals surface area contributed by atoms with Crippen LogP contribution >= 0.6 is 0 Å². The fourth-order valence-electron chi connectivity index (χ4n) is 8.17. The summed E-state index contributed by atoms with van der Waals surface area (Å²) in [6.45, 7) is 0. The van der Waals surface area contributed by atoms with E-state index in [2.05, 4.69) is 162 Å². The van der Waals surface area contributed by atoms with Gasteiger partial charge in [-0.1, -0.05) is 140 Å². The van der Waals surface area contributed by atoms with Gasteiger partial charge < -0.3 is 4.40 Å². The van der Waals surface area contributed by atoms with Gasteiger partial charge in [-0.25, -0.2) is 4.98 Å². The molecule has 0 radical (unpaired) electrons. The molecule has 0 aliphatic rings. The monoisotopic (exact) mass is 621 g/mol. The van der Waals surface area contributed by atoms with Crippen molar-refractivity contribution in [3.05, 3.63) is 164 Å². The van der Waals surface area contributed by atoms with Crippen LogP contribution in [0.5, 0.6) is 0 Å². The quantitative estimate of drug-likeness (QED) is 0.184. The third kappa shape index (κ3) is 3.73. The molecule has 0 spiro atoms. The zero-order chi connectivity index (χ0) is 32.1. The van der Waals surface area contributed by atoms with Crippen molar-refractivity contribution in [1.82, 2.24) is 14.4 Å². The molecule has 0 fully saturated rings. The van der Waals surface area contributed by atoms with Gasteiger partial charge in [0.2, 0.25) is 0 Å². The normalized spacial score (nSPS) is 12.1. The van der Waals surface area contributed by atoms with Crippen LogP contribution in [0.3, 0.4) is 0 Å². The first kappa shape index (κ1) is 26.5. The van der Waals surface area contributed by atoms with Crippen molar-refractivity contribution in [3.63, 3.8) is 0 Å². The molecule has 0 N–H and O–H groups in total. The Labute approximate surface area is 281 Å². The predicted molar refractivity (Wildman–Crippen MR) is 206 cm³/mol. The zero-order valence-corrected chi connectivity index (χ0v) is 26.4. The molecule has 8 aromatic carbocycles. The standard InChI is InChI=1S/C46H27N3/c1-2-11-32(30-24-25-43-40(26-30)39-18-9-17-38-35-14-7-8-19-42(35)49(43)46(38)39)31(10-1)28-20-22-29(23-21-28)41-27-47-44-36-15-5-3-12-33(36)34-13-4-6-16-37(34)45(44)48-41/h1-27H.